The lowest BCUT2D eigenvalue weighted by molar-refractivity contribution is -0.132. The number of para-hydroxylation sites is 1. The summed E-state index contributed by atoms with van der Waals surface area (Å²) in [6.45, 7) is 0.578. The van der Waals surface area contributed by atoms with Gasteiger partial charge >= 0.3 is 6.09 Å². The van der Waals surface area contributed by atoms with Crippen LogP contribution in [0, 0.1) is 0 Å². The first-order valence-electron chi connectivity index (χ1n) is 9.05. The van der Waals surface area contributed by atoms with E-state index in [0.717, 1.165) is 28.4 Å². The van der Waals surface area contributed by atoms with Gasteiger partial charge in [0.2, 0.25) is 5.91 Å². The fraction of sp³-hybridized carbons (Fsp3) is 0.450. The number of fused-ring (bicyclic) bond motifs is 4. The summed E-state index contributed by atoms with van der Waals surface area (Å²) >= 11 is 0. The molecule has 1 amide bonds. The molecule has 0 aliphatic carbocycles. The van der Waals surface area contributed by atoms with Crippen molar-refractivity contribution in [2.24, 2.45) is 0 Å². The Morgan fingerprint density at radius 1 is 1.23 bits per heavy atom. The first kappa shape index (κ1) is 16.8. The Morgan fingerprint density at radius 2 is 2.00 bits per heavy atom. The number of aldehydes is 1. The van der Waals surface area contributed by atoms with Gasteiger partial charge in [0.1, 0.15) is 6.29 Å². The maximum atomic E-state index is 12.5. The highest BCUT2D eigenvalue weighted by Gasteiger charge is 2.45. The molecule has 6 nitrogen and oxygen atoms in total. The molecule has 0 spiro atoms. The van der Waals surface area contributed by atoms with Crippen LogP contribution in [0.5, 0.6) is 0 Å². The fourth-order valence-electron chi connectivity index (χ4n) is 4.74. The van der Waals surface area contributed by atoms with Crippen molar-refractivity contribution in [2.45, 2.75) is 44.1 Å². The van der Waals surface area contributed by atoms with E-state index in [9.17, 15) is 14.4 Å². The SMILES string of the molecule is COC(=O)n1c2c(c3ccccc31)CCN1C(=O)CC[C@]1(CC=O)CC2. The van der Waals surface area contributed by atoms with Crippen molar-refractivity contribution in [1.82, 2.24) is 9.47 Å². The van der Waals surface area contributed by atoms with Crippen molar-refractivity contribution in [2.75, 3.05) is 13.7 Å². The second-order valence-corrected chi connectivity index (χ2v) is 7.14. The van der Waals surface area contributed by atoms with Crippen molar-refractivity contribution in [3.8, 4) is 0 Å². The number of nitrogens with zero attached hydrogens (tertiary/aromatic N) is 2. The van der Waals surface area contributed by atoms with Crippen molar-refractivity contribution in [3.05, 3.63) is 35.5 Å². The van der Waals surface area contributed by atoms with Gasteiger partial charge in [0.25, 0.3) is 0 Å². The first-order chi connectivity index (χ1) is 12.6. The molecule has 6 heteroatoms. The van der Waals surface area contributed by atoms with E-state index < -0.39 is 11.6 Å². The zero-order chi connectivity index (χ0) is 18.3. The predicted octanol–water partition coefficient (Wildman–Crippen LogP) is 2.69. The summed E-state index contributed by atoms with van der Waals surface area (Å²) in [6, 6.07) is 7.80. The molecule has 2 aliphatic heterocycles. The Morgan fingerprint density at radius 3 is 2.77 bits per heavy atom. The van der Waals surface area contributed by atoms with E-state index in [2.05, 4.69) is 0 Å². The van der Waals surface area contributed by atoms with Gasteiger partial charge in [-0.25, -0.2) is 9.36 Å². The third-order valence-electron chi connectivity index (χ3n) is 6.00. The van der Waals surface area contributed by atoms with Gasteiger partial charge in [-0.05, 0) is 37.3 Å². The van der Waals surface area contributed by atoms with Crippen LogP contribution in [0.2, 0.25) is 0 Å². The Hall–Kier alpha value is -2.63. The maximum absolute atomic E-state index is 12.5. The summed E-state index contributed by atoms with van der Waals surface area (Å²) in [6.07, 6.45) is 4.07. The monoisotopic (exact) mass is 354 g/mol. The molecule has 2 aliphatic rings. The minimum Gasteiger partial charge on any atom is -0.452 e. The van der Waals surface area contributed by atoms with Crippen LogP contribution < -0.4 is 0 Å². The minimum absolute atomic E-state index is 0.131. The van der Waals surface area contributed by atoms with Gasteiger partial charge in [-0.3, -0.25) is 4.79 Å². The summed E-state index contributed by atoms with van der Waals surface area (Å²) in [5.41, 5.74) is 2.48. The van der Waals surface area contributed by atoms with Crippen LogP contribution in [0.25, 0.3) is 10.9 Å². The molecule has 136 valence electrons. The summed E-state index contributed by atoms with van der Waals surface area (Å²) in [4.78, 5) is 38.1. The van der Waals surface area contributed by atoms with Crippen LogP contribution in [0.1, 0.15) is 36.9 Å². The molecule has 1 aromatic carbocycles. The molecule has 1 aromatic heterocycles. The molecule has 0 saturated carbocycles. The lowest BCUT2D eigenvalue weighted by atomic mass is 9.84. The van der Waals surface area contributed by atoms with Gasteiger partial charge in [0.15, 0.2) is 0 Å². The van der Waals surface area contributed by atoms with Crippen molar-refractivity contribution in [3.63, 3.8) is 0 Å². The van der Waals surface area contributed by atoms with Gasteiger partial charge < -0.3 is 14.4 Å². The lowest BCUT2D eigenvalue weighted by Gasteiger charge is -2.39. The summed E-state index contributed by atoms with van der Waals surface area (Å²) in [7, 11) is 1.39. The van der Waals surface area contributed by atoms with Crippen molar-refractivity contribution < 1.29 is 19.1 Å². The molecule has 0 unspecified atom stereocenters. The molecule has 0 radical (unpaired) electrons. The van der Waals surface area contributed by atoms with Crippen LogP contribution in [-0.2, 0) is 27.2 Å². The number of hydrogen-bond acceptors (Lipinski definition) is 4. The zero-order valence-corrected chi connectivity index (χ0v) is 14.9. The minimum atomic E-state index is -0.409. The highest BCUT2D eigenvalue weighted by atomic mass is 16.5. The van der Waals surface area contributed by atoms with E-state index >= 15 is 0 Å². The second-order valence-electron chi connectivity index (χ2n) is 7.14. The van der Waals surface area contributed by atoms with Crippen LogP contribution in [0.15, 0.2) is 24.3 Å². The third-order valence-corrected chi connectivity index (χ3v) is 6.00. The zero-order valence-electron chi connectivity index (χ0n) is 14.9. The third kappa shape index (κ3) is 2.35. The van der Waals surface area contributed by atoms with Gasteiger partial charge in [-0.2, -0.15) is 0 Å². The Labute approximate surface area is 151 Å². The normalized spacial score (nSPS) is 22.5. The molecule has 3 heterocycles. The highest BCUT2D eigenvalue weighted by Crippen LogP contribution is 2.40. The largest absolute Gasteiger partial charge is 0.452 e. The van der Waals surface area contributed by atoms with E-state index in [1.54, 1.807) is 4.57 Å². The van der Waals surface area contributed by atoms with Crippen LogP contribution >= 0.6 is 0 Å². The lowest BCUT2D eigenvalue weighted by Crippen LogP contribution is -2.48. The fourth-order valence-corrected chi connectivity index (χ4v) is 4.74. The van der Waals surface area contributed by atoms with E-state index in [0.29, 0.717) is 45.1 Å². The number of methoxy groups -OCH3 is 1. The first-order valence-corrected chi connectivity index (χ1v) is 9.05. The van der Waals surface area contributed by atoms with Gasteiger partial charge in [0, 0.05) is 30.5 Å². The summed E-state index contributed by atoms with van der Waals surface area (Å²) in [5.74, 6) is 0.131. The predicted molar refractivity (Wildman–Crippen MR) is 96.1 cm³/mol. The van der Waals surface area contributed by atoms with Crippen LogP contribution in [0.4, 0.5) is 4.79 Å². The Bertz CT molecular complexity index is 901. The average Bonchev–Trinajstić information content (AvgIpc) is 3.11. The van der Waals surface area contributed by atoms with Gasteiger partial charge in [-0.1, -0.05) is 18.2 Å². The number of rotatable bonds is 2. The number of benzene rings is 1. The Balaban J connectivity index is 1.85. The quantitative estimate of drug-likeness (QED) is 0.778. The molecule has 4 rings (SSSR count). The number of amides is 1. The number of carbonyl (C=O) groups is 3. The molecule has 1 fully saturated rings. The van der Waals surface area contributed by atoms with Crippen molar-refractivity contribution >= 4 is 29.2 Å². The molecule has 0 bridgehead atoms. The number of carbonyl (C=O) groups excluding carboxylic acids is 3. The van der Waals surface area contributed by atoms with Gasteiger partial charge in [0.05, 0.1) is 18.2 Å². The summed E-state index contributed by atoms with van der Waals surface area (Å²) < 4.78 is 6.68. The average molecular weight is 354 g/mol. The summed E-state index contributed by atoms with van der Waals surface area (Å²) in [5, 5.41) is 1.03. The van der Waals surface area contributed by atoms with E-state index in [1.807, 2.05) is 29.2 Å². The number of hydrogen-bond donors (Lipinski definition) is 0. The van der Waals surface area contributed by atoms with E-state index in [4.69, 9.17) is 4.74 Å². The number of ether oxygens (including phenoxy) is 1. The molecule has 26 heavy (non-hydrogen) atoms. The second kappa shape index (κ2) is 6.27. The Kier molecular flexibility index (Phi) is 4.05. The standard InChI is InChI=1S/C20H22N2O4/c1-26-19(25)22-16-5-3-2-4-14(16)15-8-12-21-18(24)7-10-20(21,11-13-23)9-6-17(15)22/h2-5,13H,6-12H2,1H3/t20-/m0/s1. The maximum Gasteiger partial charge on any atom is 0.418 e. The topological polar surface area (TPSA) is 68.6 Å². The smallest absolute Gasteiger partial charge is 0.418 e. The molecule has 0 N–H and O–H groups in total. The highest BCUT2D eigenvalue weighted by molar-refractivity contribution is 5.94. The molecular formula is C20H22N2O4. The molecular weight excluding hydrogens is 332 g/mol. The molecule has 1 saturated heterocycles. The van der Waals surface area contributed by atoms with E-state index in [1.165, 1.54) is 7.11 Å². The van der Waals surface area contributed by atoms with Crippen LogP contribution in [-0.4, -0.2) is 46.9 Å². The van der Waals surface area contributed by atoms with Gasteiger partial charge in [-0.15, -0.1) is 0 Å². The van der Waals surface area contributed by atoms with Crippen LogP contribution in [0.3, 0.4) is 0 Å². The molecule has 1 atom stereocenters. The number of aromatic nitrogens is 1. The van der Waals surface area contributed by atoms with Crippen molar-refractivity contribution in [1.29, 1.82) is 0 Å². The van der Waals surface area contributed by atoms with E-state index in [-0.39, 0.29) is 5.91 Å². The molecule has 2 aromatic rings.